The van der Waals surface area contributed by atoms with Crippen molar-refractivity contribution in [2.24, 2.45) is 17.3 Å². The van der Waals surface area contributed by atoms with Crippen molar-refractivity contribution in [3.8, 4) is 5.75 Å². The highest BCUT2D eigenvalue weighted by Gasteiger charge is 2.65. The summed E-state index contributed by atoms with van der Waals surface area (Å²) >= 11 is 0. The van der Waals surface area contributed by atoms with Gasteiger partial charge in [-0.25, -0.2) is 0 Å². The second-order valence-corrected chi connectivity index (χ2v) is 6.29. The van der Waals surface area contributed by atoms with Crippen LogP contribution in [0.25, 0.3) is 0 Å². The van der Waals surface area contributed by atoms with Crippen molar-refractivity contribution in [2.75, 3.05) is 14.2 Å². The molecule has 0 aromatic heterocycles. The first-order chi connectivity index (χ1) is 10.4. The molecule has 1 saturated carbocycles. The fraction of sp³-hybridized carbons (Fsp3) is 0.444. The van der Waals surface area contributed by atoms with E-state index in [0.29, 0.717) is 0 Å². The molecule has 0 N–H and O–H groups in total. The number of ether oxygens (including phenoxy) is 2. The van der Waals surface area contributed by atoms with Crippen molar-refractivity contribution in [2.45, 2.75) is 19.8 Å². The molecule has 0 aliphatic heterocycles. The number of Topliss-reactive ketones (excluding diaryl/α,β-unsaturated/α-hetero) is 1. The largest absolute Gasteiger partial charge is 0.497 e. The van der Waals surface area contributed by atoms with E-state index in [0.717, 1.165) is 11.3 Å². The minimum absolute atomic E-state index is 0.00814. The third-order valence-electron chi connectivity index (χ3n) is 5.53. The molecule has 1 aromatic carbocycles. The van der Waals surface area contributed by atoms with E-state index in [9.17, 15) is 9.59 Å². The quantitative estimate of drug-likeness (QED) is 0.861. The van der Waals surface area contributed by atoms with Crippen molar-refractivity contribution in [1.29, 1.82) is 0 Å². The second kappa shape index (κ2) is 4.97. The molecule has 0 radical (unpaired) electrons. The minimum Gasteiger partial charge on any atom is -0.497 e. The highest BCUT2D eigenvalue weighted by Crippen LogP contribution is 2.63. The third kappa shape index (κ3) is 1.76. The number of hydrogen-bond donors (Lipinski definition) is 0. The Kier molecular flexibility index (Phi) is 3.35. The van der Waals surface area contributed by atoms with Gasteiger partial charge in [-0.05, 0) is 29.5 Å². The molecule has 0 spiro atoms. The summed E-state index contributed by atoms with van der Waals surface area (Å²) in [5.74, 6) is 0.682. The average Bonchev–Trinajstić information content (AvgIpc) is 2.54. The minimum atomic E-state index is -0.621. The van der Waals surface area contributed by atoms with E-state index in [1.807, 2.05) is 38.1 Å². The first-order valence-electron chi connectivity index (χ1n) is 7.43. The lowest BCUT2D eigenvalue weighted by molar-refractivity contribution is -0.159. The third-order valence-corrected chi connectivity index (χ3v) is 5.53. The molecule has 3 rings (SSSR count). The lowest BCUT2D eigenvalue weighted by Crippen LogP contribution is -2.61. The van der Waals surface area contributed by atoms with Gasteiger partial charge in [0, 0.05) is 17.4 Å². The zero-order valence-electron chi connectivity index (χ0n) is 13.3. The van der Waals surface area contributed by atoms with E-state index in [1.165, 1.54) is 13.2 Å². The number of rotatable bonds is 3. The molecule has 0 amide bonds. The fourth-order valence-corrected chi connectivity index (χ4v) is 3.98. The monoisotopic (exact) mass is 300 g/mol. The van der Waals surface area contributed by atoms with Crippen LogP contribution in [0.1, 0.15) is 25.3 Å². The summed E-state index contributed by atoms with van der Waals surface area (Å²) in [6.45, 7) is 3.94. The molecular formula is C18H20O4. The number of ketones is 2. The maximum Gasteiger partial charge on any atom is 0.202 e. The van der Waals surface area contributed by atoms with Gasteiger partial charge in [-0.3, -0.25) is 9.59 Å². The molecule has 1 aromatic rings. The van der Waals surface area contributed by atoms with Gasteiger partial charge in [-0.1, -0.05) is 26.0 Å². The van der Waals surface area contributed by atoms with Gasteiger partial charge in [0.2, 0.25) is 5.78 Å². The predicted octanol–water partition coefficient (Wildman–Crippen LogP) is 2.73. The van der Waals surface area contributed by atoms with Gasteiger partial charge >= 0.3 is 0 Å². The van der Waals surface area contributed by atoms with Gasteiger partial charge in [0.15, 0.2) is 11.5 Å². The van der Waals surface area contributed by atoms with Crippen LogP contribution in [0.5, 0.6) is 5.75 Å². The first kappa shape index (κ1) is 14.8. The summed E-state index contributed by atoms with van der Waals surface area (Å²) in [7, 11) is 3.06. The topological polar surface area (TPSA) is 52.6 Å². The van der Waals surface area contributed by atoms with Crippen molar-refractivity contribution < 1.29 is 19.1 Å². The Morgan fingerprint density at radius 1 is 1.05 bits per heavy atom. The molecule has 4 heteroatoms. The normalized spacial score (nSPS) is 33.6. The van der Waals surface area contributed by atoms with Crippen LogP contribution >= 0.6 is 0 Å². The summed E-state index contributed by atoms with van der Waals surface area (Å²) in [4.78, 5) is 25.1. The van der Waals surface area contributed by atoms with E-state index < -0.39 is 5.41 Å². The maximum atomic E-state index is 12.7. The Balaban J connectivity index is 2.00. The zero-order chi connectivity index (χ0) is 16.1. The Bertz CT molecular complexity index is 658. The van der Waals surface area contributed by atoms with E-state index in [4.69, 9.17) is 9.47 Å². The van der Waals surface area contributed by atoms with Crippen molar-refractivity contribution >= 4 is 11.6 Å². The highest BCUT2D eigenvalue weighted by atomic mass is 16.5. The number of allylic oxidation sites excluding steroid dienone is 2. The molecule has 1 fully saturated rings. The summed E-state index contributed by atoms with van der Waals surface area (Å²) in [6.07, 6.45) is 1.36. The van der Waals surface area contributed by atoms with Gasteiger partial charge < -0.3 is 9.47 Å². The maximum absolute atomic E-state index is 12.7. The summed E-state index contributed by atoms with van der Waals surface area (Å²) in [5.41, 5.74) is 0.443. The van der Waals surface area contributed by atoms with Gasteiger partial charge in [0.1, 0.15) is 5.75 Å². The number of carbonyl (C=O) groups is 2. The van der Waals surface area contributed by atoms with Gasteiger partial charge in [0.25, 0.3) is 0 Å². The Morgan fingerprint density at radius 2 is 1.68 bits per heavy atom. The molecule has 0 saturated heterocycles. The van der Waals surface area contributed by atoms with Crippen LogP contribution in [0.4, 0.5) is 0 Å². The molecule has 2 aliphatic carbocycles. The molecule has 2 unspecified atom stereocenters. The highest BCUT2D eigenvalue weighted by molar-refractivity contribution is 6.13. The lowest BCUT2D eigenvalue weighted by atomic mass is 9.42. The molecule has 116 valence electrons. The number of carbonyl (C=O) groups excluding carboxylic acids is 2. The second-order valence-electron chi connectivity index (χ2n) is 6.29. The Morgan fingerprint density at radius 3 is 2.23 bits per heavy atom. The zero-order valence-corrected chi connectivity index (χ0v) is 13.3. The lowest BCUT2D eigenvalue weighted by Gasteiger charge is -2.58. The van der Waals surface area contributed by atoms with Crippen LogP contribution in [0.15, 0.2) is 36.1 Å². The van der Waals surface area contributed by atoms with Gasteiger partial charge in [-0.2, -0.15) is 0 Å². The number of hydrogen-bond acceptors (Lipinski definition) is 4. The summed E-state index contributed by atoms with van der Waals surface area (Å²) < 4.78 is 10.3. The average molecular weight is 300 g/mol. The van der Waals surface area contributed by atoms with Crippen molar-refractivity contribution in [3.63, 3.8) is 0 Å². The van der Waals surface area contributed by atoms with Crippen LogP contribution < -0.4 is 4.74 Å². The Labute approximate surface area is 130 Å². The molecule has 4 atom stereocenters. The smallest absolute Gasteiger partial charge is 0.202 e. The molecule has 0 heterocycles. The van der Waals surface area contributed by atoms with E-state index in [2.05, 4.69) is 0 Å². The van der Waals surface area contributed by atoms with Crippen LogP contribution in [0.3, 0.4) is 0 Å². The van der Waals surface area contributed by atoms with Crippen LogP contribution in [-0.2, 0) is 14.3 Å². The van der Waals surface area contributed by atoms with Crippen molar-refractivity contribution in [3.05, 3.63) is 41.7 Å². The van der Waals surface area contributed by atoms with E-state index in [1.54, 1.807) is 7.11 Å². The molecule has 2 aliphatic rings. The molecule has 4 nitrogen and oxygen atoms in total. The first-order valence-corrected chi connectivity index (χ1v) is 7.43. The Hall–Kier alpha value is -2.10. The summed E-state index contributed by atoms with van der Waals surface area (Å²) in [6, 6.07) is 7.73. The standard InChI is InChI=1S/C18H20O4/c1-10-15(11-5-7-12(21-3)8-6-11)16-17(20)13(22-4)9-14(19)18(10,16)2/h5-10,15-16H,1-4H3/t10?,15-,16?,18-/m1/s1. The van der Waals surface area contributed by atoms with Crippen LogP contribution in [0, 0.1) is 17.3 Å². The van der Waals surface area contributed by atoms with Gasteiger partial charge in [-0.15, -0.1) is 0 Å². The molecule has 22 heavy (non-hydrogen) atoms. The summed E-state index contributed by atoms with van der Waals surface area (Å²) in [5, 5.41) is 0. The van der Waals surface area contributed by atoms with Crippen LogP contribution in [-0.4, -0.2) is 25.8 Å². The van der Waals surface area contributed by atoms with E-state index in [-0.39, 0.29) is 35.1 Å². The van der Waals surface area contributed by atoms with Crippen molar-refractivity contribution in [1.82, 2.24) is 0 Å². The number of fused-ring (bicyclic) bond motifs is 1. The van der Waals surface area contributed by atoms with E-state index >= 15 is 0 Å². The molecule has 0 bridgehead atoms. The van der Waals surface area contributed by atoms with Crippen LogP contribution in [0.2, 0.25) is 0 Å². The predicted molar refractivity (Wildman–Crippen MR) is 81.6 cm³/mol. The number of methoxy groups -OCH3 is 2. The molecular weight excluding hydrogens is 280 g/mol. The number of benzene rings is 1. The SMILES string of the molecule is COC1=CC(=O)[C@@]2(C)C(C)[C@H](c3ccc(OC)cc3)C2C1=O. The fourth-order valence-electron chi connectivity index (χ4n) is 3.98. The van der Waals surface area contributed by atoms with Gasteiger partial charge in [0.05, 0.1) is 14.2 Å².